The summed E-state index contributed by atoms with van der Waals surface area (Å²) in [4.78, 5) is 16.9. The molecule has 0 amide bonds. The molecule has 0 fully saturated rings. The van der Waals surface area contributed by atoms with Crippen LogP contribution in [-0.4, -0.2) is 28.6 Å². The van der Waals surface area contributed by atoms with E-state index in [-0.39, 0.29) is 17.0 Å². The van der Waals surface area contributed by atoms with Gasteiger partial charge in [0.05, 0.1) is 11.9 Å². The van der Waals surface area contributed by atoms with Crippen molar-refractivity contribution in [3.05, 3.63) is 53.1 Å². The summed E-state index contributed by atoms with van der Waals surface area (Å²) < 4.78 is 42.6. The second-order valence-corrected chi connectivity index (χ2v) is 5.61. The van der Waals surface area contributed by atoms with Gasteiger partial charge in [-0.3, -0.25) is 9.36 Å². The van der Waals surface area contributed by atoms with Gasteiger partial charge in [0.15, 0.2) is 11.8 Å². The number of alkyl halides is 3. The molecule has 1 aromatic carbocycles. The molecule has 0 spiro atoms. The molecule has 0 aliphatic carbocycles. The van der Waals surface area contributed by atoms with Crippen LogP contribution in [0, 0.1) is 0 Å². The maximum Gasteiger partial charge on any atom is 0.422 e. The molecule has 1 heterocycles. The first-order chi connectivity index (χ1) is 11.9. The predicted molar refractivity (Wildman–Crippen MR) is 91.6 cm³/mol. The van der Waals surface area contributed by atoms with Crippen molar-refractivity contribution < 1.29 is 17.9 Å². The lowest BCUT2D eigenvalue weighted by Gasteiger charge is -2.13. The lowest BCUT2D eigenvalue weighted by Crippen LogP contribution is -2.23. The fraction of sp³-hybridized carbons (Fsp3) is 0.250. The second-order valence-electron chi connectivity index (χ2n) is 4.84. The molecule has 5 nitrogen and oxygen atoms in total. The van der Waals surface area contributed by atoms with Crippen molar-refractivity contribution >= 4 is 17.4 Å². The fourth-order valence-corrected chi connectivity index (χ4v) is 2.47. The summed E-state index contributed by atoms with van der Waals surface area (Å²) in [6.07, 6.45) is 2.15. The molecule has 0 unspecified atom stereocenters. The maximum atomic E-state index is 12.6. The third-order valence-corrected chi connectivity index (χ3v) is 3.67. The second kappa shape index (κ2) is 8.11. The maximum absolute atomic E-state index is 12.6. The number of nitrogens with one attached hydrogen (secondary N) is 1. The number of ether oxygens (including phenoxy) is 1. The Morgan fingerprint density at radius 1 is 1.32 bits per heavy atom. The number of halogens is 3. The van der Waals surface area contributed by atoms with Gasteiger partial charge in [-0.05, 0) is 43.6 Å². The van der Waals surface area contributed by atoms with Crippen molar-refractivity contribution in [2.24, 2.45) is 0 Å². The summed E-state index contributed by atoms with van der Waals surface area (Å²) in [6, 6.07) is 5.77. The average Bonchev–Trinajstić information content (AvgIpc) is 2.58. The average molecular weight is 371 g/mol. The Morgan fingerprint density at radius 3 is 2.56 bits per heavy atom. The van der Waals surface area contributed by atoms with Crippen LogP contribution in [0.2, 0.25) is 0 Å². The molecular weight excluding hydrogens is 355 g/mol. The molecule has 0 bridgehead atoms. The van der Waals surface area contributed by atoms with E-state index in [0.717, 1.165) is 0 Å². The standard InChI is InChI=1S/C16H16F3N3O2S/c1-3-8-20-13-9-21-15(25-2)22(14(13)23)11-4-6-12(7-5-11)24-10-16(17,18)19/h3-9,20H,10H2,1-2H3/b8-3-. The number of benzene rings is 1. The van der Waals surface area contributed by atoms with Gasteiger partial charge in [0.2, 0.25) is 0 Å². The first-order valence-electron chi connectivity index (χ1n) is 7.19. The quantitative estimate of drug-likeness (QED) is 0.618. The summed E-state index contributed by atoms with van der Waals surface area (Å²) >= 11 is 1.28. The molecule has 0 saturated heterocycles. The summed E-state index contributed by atoms with van der Waals surface area (Å²) in [5.41, 5.74) is 0.444. The number of anilines is 1. The smallest absolute Gasteiger partial charge is 0.422 e. The van der Waals surface area contributed by atoms with E-state index >= 15 is 0 Å². The Labute approximate surface area is 146 Å². The Hall–Kier alpha value is -2.42. The lowest BCUT2D eigenvalue weighted by molar-refractivity contribution is -0.153. The van der Waals surface area contributed by atoms with E-state index in [1.807, 2.05) is 0 Å². The molecule has 0 saturated carbocycles. The third-order valence-electron chi connectivity index (χ3n) is 3.01. The zero-order valence-corrected chi connectivity index (χ0v) is 14.3. The largest absolute Gasteiger partial charge is 0.484 e. The van der Waals surface area contributed by atoms with E-state index in [2.05, 4.69) is 15.0 Å². The normalized spacial score (nSPS) is 11.7. The fourth-order valence-electron chi connectivity index (χ4n) is 1.94. The van der Waals surface area contributed by atoms with Crippen LogP contribution in [0.25, 0.3) is 5.69 Å². The molecule has 0 radical (unpaired) electrons. The molecule has 134 valence electrons. The molecule has 0 aliphatic heterocycles. The van der Waals surface area contributed by atoms with Gasteiger partial charge < -0.3 is 10.1 Å². The molecule has 2 rings (SSSR count). The van der Waals surface area contributed by atoms with Crippen LogP contribution < -0.4 is 15.6 Å². The number of hydrogen-bond donors (Lipinski definition) is 1. The molecular formula is C16H16F3N3O2S. The molecule has 0 aliphatic rings. The minimum absolute atomic E-state index is 0.0657. The van der Waals surface area contributed by atoms with Crippen molar-refractivity contribution in [3.8, 4) is 11.4 Å². The van der Waals surface area contributed by atoms with Crippen LogP contribution in [0.5, 0.6) is 5.75 Å². The summed E-state index contributed by atoms with van der Waals surface area (Å²) in [6.45, 7) is 0.432. The van der Waals surface area contributed by atoms with Gasteiger partial charge in [-0.2, -0.15) is 13.2 Å². The van der Waals surface area contributed by atoms with E-state index in [9.17, 15) is 18.0 Å². The highest BCUT2D eigenvalue weighted by atomic mass is 32.2. The number of nitrogens with zero attached hydrogens (tertiary/aromatic N) is 2. The zero-order chi connectivity index (χ0) is 18.4. The van der Waals surface area contributed by atoms with E-state index < -0.39 is 12.8 Å². The van der Waals surface area contributed by atoms with Crippen molar-refractivity contribution in [2.75, 3.05) is 18.2 Å². The van der Waals surface area contributed by atoms with Crippen molar-refractivity contribution in [2.45, 2.75) is 18.3 Å². The van der Waals surface area contributed by atoms with Gasteiger partial charge in [0, 0.05) is 0 Å². The highest BCUT2D eigenvalue weighted by molar-refractivity contribution is 7.98. The minimum Gasteiger partial charge on any atom is -0.484 e. The van der Waals surface area contributed by atoms with Crippen molar-refractivity contribution in [1.29, 1.82) is 0 Å². The first-order valence-corrected chi connectivity index (χ1v) is 8.42. The number of aromatic nitrogens is 2. The molecule has 9 heteroatoms. The molecule has 2 aromatic rings. The molecule has 1 aromatic heterocycles. The van der Waals surface area contributed by atoms with Crippen molar-refractivity contribution in [3.63, 3.8) is 0 Å². The zero-order valence-electron chi connectivity index (χ0n) is 13.5. The Morgan fingerprint density at radius 2 is 2.00 bits per heavy atom. The predicted octanol–water partition coefficient (Wildman–Crippen LogP) is 3.84. The topological polar surface area (TPSA) is 56.1 Å². The number of allylic oxidation sites excluding steroid dienone is 1. The SMILES string of the molecule is C/C=C\Nc1cnc(SC)n(-c2ccc(OCC(F)(F)F)cc2)c1=O. The van der Waals surface area contributed by atoms with Crippen LogP contribution in [0.3, 0.4) is 0 Å². The van der Waals surface area contributed by atoms with Gasteiger partial charge >= 0.3 is 6.18 Å². The van der Waals surface area contributed by atoms with Gasteiger partial charge in [0.1, 0.15) is 11.4 Å². The van der Waals surface area contributed by atoms with Gasteiger partial charge in [-0.25, -0.2) is 4.98 Å². The summed E-state index contributed by atoms with van der Waals surface area (Å²) in [5.74, 6) is 0.0657. The Bertz CT molecular complexity index is 802. The number of rotatable bonds is 6. The first kappa shape index (κ1) is 18.9. The van der Waals surface area contributed by atoms with E-state index in [1.165, 1.54) is 46.8 Å². The number of thioether (sulfide) groups is 1. The van der Waals surface area contributed by atoms with Crippen LogP contribution in [0.4, 0.5) is 18.9 Å². The van der Waals surface area contributed by atoms with Crippen LogP contribution in [0.1, 0.15) is 6.92 Å². The Balaban J connectivity index is 2.35. The lowest BCUT2D eigenvalue weighted by atomic mass is 10.3. The molecule has 1 N–H and O–H groups in total. The highest BCUT2D eigenvalue weighted by Crippen LogP contribution is 2.22. The van der Waals surface area contributed by atoms with Crippen LogP contribution in [-0.2, 0) is 0 Å². The number of hydrogen-bond acceptors (Lipinski definition) is 5. The van der Waals surface area contributed by atoms with E-state index in [1.54, 1.807) is 25.5 Å². The summed E-state index contributed by atoms with van der Waals surface area (Å²) in [7, 11) is 0. The monoisotopic (exact) mass is 371 g/mol. The van der Waals surface area contributed by atoms with Crippen LogP contribution in [0.15, 0.2) is 52.7 Å². The third kappa shape index (κ3) is 5.02. The van der Waals surface area contributed by atoms with Gasteiger partial charge in [0.25, 0.3) is 5.56 Å². The van der Waals surface area contributed by atoms with E-state index in [0.29, 0.717) is 10.8 Å². The van der Waals surface area contributed by atoms with Gasteiger partial charge in [-0.15, -0.1) is 0 Å². The van der Waals surface area contributed by atoms with E-state index in [4.69, 9.17) is 0 Å². The van der Waals surface area contributed by atoms with Gasteiger partial charge in [-0.1, -0.05) is 17.8 Å². The molecule has 0 atom stereocenters. The van der Waals surface area contributed by atoms with Crippen LogP contribution >= 0.6 is 11.8 Å². The summed E-state index contributed by atoms with van der Waals surface area (Å²) in [5, 5.41) is 3.30. The minimum atomic E-state index is -4.40. The highest BCUT2D eigenvalue weighted by Gasteiger charge is 2.28. The Kier molecular flexibility index (Phi) is 6.13. The molecule has 25 heavy (non-hydrogen) atoms. The van der Waals surface area contributed by atoms with Crippen molar-refractivity contribution in [1.82, 2.24) is 9.55 Å².